The van der Waals surface area contributed by atoms with Crippen molar-refractivity contribution in [1.29, 1.82) is 0 Å². The van der Waals surface area contributed by atoms with Crippen LogP contribution in [0.2, 0.25) is 0 Å². The van der Waals surface area contributed by atoms with E-state index >= 15 is 0 Å². The molecule has 1 aromatic rings. The van der Waals surface area contributed by atoms with Crippen LogP contribution in [0.5, 0.6) is 0 Å². The van der Waals surface area contributed by atoms with Crippen molar-refractivity contribution in [1.82, 2.24) is 25.0 Å². The molecule has 1 aliphatic rings. The van der Waals surface area contributed by atoms with Crippen molar-refractivity contribution >= 4 is 11.9 Å². The van der Waals surface area contributed by atoms with Gasteiger partial charge in [-0.25, -0.2) is 0 Å². The van der Waals surface area contributed by atoms with E-state index in [1.807, 2.05) is 26.2 Å². The summed E-state index contributed by atoms with van der Waals surface area (Å²) in [6, 6.07) is 4.12. The number of aliphatic imine (C=N–C) groups is 1. The Morgan fingerprint density at radius 1 is 1.20 bits per heavy atom. The summed E-state index contributed by atoms with van der Waals surface area (Å²) in [6.07, 6.45) is 7.20. The van der Waals surface area contributed by atoms with Crippen molar-refractivity contribution in [3.63, 3.8) is 0 Å². The number of nitrogens with one attached hydrogen (secondary N) is 2. The number of amides is 1. The first-order chi connectivity index (χ1) is 12.1. The topological polar surface area (TPSA) is 64.9 Å². The van der Waals surface area contributed by atoms with Gasteiger partial charge in [0.25, 0.3) is 0 Å². The third kappa shape index (κ3) is 6.08. The molecule has 1 fully saturated rings. The van der Waals surface area contributed by atoms with Crippen molar-refractivity contribution in [2.24, 2.45) is 4.99 Å². The second-order valence-corrected chi connectivity index (χ2v) is 6.63. The summed E-state index contributed by atoms with van der Waals surface area (Å²) in [5.41, 5.74) is 0. The molecule has 0 radical (unpaired) electrons. The Bertz CT molecular complexity index is 540. The maximum atomic E-state index is 12.2. The molecule has 0 saturated carbocycles. The molecule has 7 heteroatoms. The van der Waals surface area contributed by atoms with Crippen molar-refractivity contribution in [3.8, 4) is 0 Å². The van der Waals surface area contributed by atoms with Crippen LogP contribution < -0.4 is 10.6 Å². The second kappa shape index (κ2) is 10.1. The van der Waals surface area contributed by atoms with Gasteiger partial charge in [0.15, 0.2) is 5.96 Å². The van der Waals surface area contributed by atoms with E-state index in [1.54, 1.807) is 11.9 Å². The Labute approximate surface area is 151 Å². The van der Waals surface area contributed by atoms with Gasteiger partial charge in [-0.1, -0.05) is 0 Å². The first-order valence-electron chi connectivity index (χ1n) is 9.12. The summed E-state index contributed by atoms with van der Waals surface area (Å²) < 4.78 is 2.13. The number of hydrogen-bond acceptors (Lipinski definition) is 3. The first kappa shape index (κ1) is 19.3. The molecule has 0 aliphatic carbocycles. The summed E-state index contributed by atoms with van der Waals surface area (Å²) in [5, 5.41) is 6.67. The fourth-order valence-electron chi connectivity index (χ4n) is 3.20. The van der Waals surface area contributed by atoms with Crippen LogP contribution in [0.3, 0.4) is 0 Å². The normalized spacial score (nSPS) is 18.4. The van der Waals surface area contributed by atoms with Gasteiger partial charge in [-0.2, -0.15) is 0 Å². The summed E-state index contributed by atoms with van der Waals surface area (Å²) in [4.78, 5) is 20.5. The number of likely N-dealkylation sites (tertiary alicyclic amines) is 1. The predicted molar refractivity (Wildman–Crippen MR) is 102 cm³/mol. The summed E-state index contributed by atoms with van der Waals surface area (Å²) in [7, 11) is 5.46. The van der Waals surface area contributed by atoms with Crippen LogP contribution in [-0.4, -0.2) is 79.6 Å². The van der Waals surface area contributed by atoms with E-state index in [9.17, 15) is 4.79 Å². The van der Waals surface area contributed by atoms with Crippen LogP contribution in [-0.2, 0) is 11.3 Å². The minimum Gasteiger partial charge on any atom is -0.356 e. The van der Waals surface area contributed by atoms with Crippen molar-refractivity contribution in [3.05, 3.63) is 24.5 Å². The molecule has 2 N–H and O–H groups in total. The highest BCUT2D eigenvalue weighted by Crippen LogP contribution is 2.18. The molecule has 1 amide bonds. The molecule has 1 atom stereocenters. The lowest BCUT2D eigenvalue weighted by molar-refractivity contribution is -0.133. The van der Waals surface area contributed by atoms with Gasteiger partial charge in [0.1, 0.15) is 0 Å². The van der Waals surface area contributed by atoms with E-state index in [0.29, 0.717) is 0 Å². The van der Waals surface area contributed by atoms with Crippen LogP contribution in [0.25, 0.3) is 0 Å². The zero-order chi connectivity index (χ0) is 18.1. The Kier molecular flexibility index (Phi) is 7.78. The maximum absolute atomic E-state index is 12.2. The van der Waals surface area contributed by atoms with Crippen molar-refractivity contribution < 1.29 is 4.79 Å². The summed E-state index contributed by atoms with van der Waals surface area (Å²) >= 11 is 0. The van der Waals surface area contributed by atoms with E-state index in [-0.39, 0.29) is 11.9 Å². The third-order valence-electron chi connectivity index (χ3n) is 4.56. The number of rotatable bonds is 8. The smallest absolute Gasteiger partial charge is 0.239 e. The molecule has 2 rings (SSSR count). The third-order valence-corrected chi connectivity index (χ3v) is 4.56. The van der Waals surface area contributed by atoms with E-state index in [1.165, 1.54) is 0 Å². The molecule has 2 heterocycles. The Balaban J connectivity index is 1.62. The molecular formula is C18H32N6O. The van der Waals surface area contributed by atoms with Gasteiger partial charge >= 0.3 is 0 Å². The average Bonchev–Trinajstić information content (AvgIpc) is 3.27. The molecule has 1 aliphatic heterocycles. The zero-order valence-electron chi connectivity index (χ0n) is 15.7. The van der Waals surface area contributed by atoms with Gasteiger partial charge in [0.2, 0.25) is 5.91 Å². The van der Waals surface area contributed by atoms with Gasteiger partial charge < -0.3 is 20.1 Å². The Hall–Kier alpha value is -2.02. The average molecular weight is 348 g/mol. The van der Waals surface area contributed by atoms with Crippen LogP contribution in [0.15, 0.2) is 29.5 Å². The highest BCUT2D eigenvalue weighted by molar-refractivity contribution is 5.81. The number of nitrogens with zero attached hydrogens (tertiary/aromatic N) is 4. The lowest BCUT2D eigenvalue weighted by atomic mass is 10.2. The van der Waals surface area contributed by atoms with Crippen molar-refractivity contribution in [2.75, 3.05) is 47.3 Å². The van der Waals surface area contributed by atoms with Gasteiger partial charge in [-0.15, -0.1) is 0 Å². The molecule has 1 unspecified atom stereocenters. The lowest BCUT2D eigenvalue weighted by Gasteiger charge is -2.26. The Morgan fingerprint density at radius 3 is 2.60 bits per heavy atom. The van der Waals surface area contributed by atoms with Gasteiger partial charge in [-0.3, -0.25) is 14.7 Å². The molecule has 7 nitrogen and oxygen atoms in total. The molecule has 0 spiro atoms. The Morgan fingerprint density at radius 2 is 1.92 bits per heavy atom. The van der Waals surface area contributed by atoms with Gasteiger partial charge in [-0.05, 0) is 37.9 Å². The van der Waals surface area contributed by atoms with E-state index < -0.39 is 0 Å². The molecular weight excluding hydrogens is 316 g/mol. The highest BCUT2D eigenvalue weighted by Gasteiger charge is 2.30. The standard InChI is InChI=1S/C18H32N6O/c1-19-18(21-10-15-23-11-4-5-12-23)20-9-7-14-24-13-6-8-16(24)17(25)22(2)3/h4-5,11-12,16H,6-10,13-15H2,1-3H3,(H2,19,20,21). The number of carbonyl (C=O) groups is 1. The number of aromatic nitrogens is 1. The van der Waals surface area contributed by atoms with Crippen LogP contribution >= 0.6 is 0 Å². The zero-order valence-corrected chi connectivity index (χ0v) is 15.7. The highest BCUT2D eigenvalue weighted by atomic mass is 16.2. The largest absolute Gasteiger partial charge is 0.356 e. The minimum absolute atomic E-state index is 0.0639. The quantitative estimate of drug-likeness (QED) is 0.410. The maximum Gasteiger partial charge on any atom is 0.239 e. The van der Waals surface area contributed by atoms with Crippen LogP contribution in [0.1, 0.15) is 19.3 Å². The van der Waals surface area contributed by atoms with E-state index in [2.05, 4.69) is 37.5 Å². The molecule has 25 heavy (non-hydrogen) atoms. The van der Waals surface area contributed by atoms with Crippen molar-refractivity contribution in [2.45, 2.75) is 31.8 Å². The summed E-state index contributed by atoms with van der Waals surface area (Å²) in [6.45, 7) is 4.56. The fraction of sp³-hybridized carbons (Fsp3) is 0.667. The predicted octanol–water partition coefficient (Wildman–Crippen LogP) is 0.596. The van der Waals surface area contributed by atoms with Crippen LogP contribution in [0, 0.1) is 0 Å². The fourth-order valence-corrected chi connectivity index (χ4v) is 3.20. The monoisotopic (exact) mass is 348 g/mol. The summed E-state index contributed by atoms with van der Waals surface area (Å²) in [5.74, 6) is 1.06. The molecule has 1 saturated heterocycles. The number of carbonyl (C=O) groups excluding carboxylic acids is 1. The minimum atomic E-state index is 0.0639. The number of hydrogen-bond donors (Lipinski definition) is 2. The molecule has 0 aromatic carbocycles. The number of guanidine groups is 1. The first-order valence-corrected chi connectivity index (χ1v) is 9.12. The molecule has 1 aromatic heterocycles. The van der Waals surface area contributed by atoms with Crippen LogP contribution in [0.4, 0.5) is 0 Å². The number of likely N-dealkylation sites (N-methyl/N-ethyl adjacent to an activating group) is 1. The van der Waals surface area contributed by atoms with E-state index in [4.69, 9.17) is 0 Å². The van der Waals surface area contributed by atoms with Gasteiger partial charge in [0.05, 0.1) is 6.04 Å². The molecule has 0 bridgehead atoms. The van der Waals surface area contributed by atoms with E-state index in [0.717, 1.165) is 57.9 Å². The van der Waals surface area contributed by atoms with Gasteiger partial charge in [0, 0.05) is 59.7 Å². The molecule has 140 valence electrons. The lowest BCUT2D eigenvalue weighted by Crippen LogP contribution is -2.44. The second-order valence-electron chi connectivity index (χ2n) is 6.63. The SMILES string of the molecule is CN=C(NCCCN1CCCC1C(=O)N(C)C)NCCn1cccc1.